The van der Waals surface area contributed by atoms with Gasteiger partial charge in [-0.1, -0.05) is 22.7 Å². The van der Waals surface area contributed by atoms with Crippen molar-refractivity contribution in [2.24, 2.45) is 5.10 Å². The molecular weight excluding hydrogens is 305 g/mol. The van der Waals surface area contributed by atoms with Gasteiger partial charge >= 0.3 is 6.18 Å². The van der Waals surface area contributed by atoms with E-state index in [-0.39, 0.29) is 10.4 Å². The van der Waals surface area contributed by atoms with E-state index in [9.17, 15) is 18.0 Å². The molecule has 0 radical (unpaired) electrons. The number of carbonyl (C=O) groups excluding carboxylic acids is 1. The van der Waals surface area contributed by atoms with Gasteiger partial charge in [0.15, 0.2) is 0 Å². The summed E-state index contributed by atoms with van der Waals surface area (Å²) in [5.74, 6) is -0.566. The van der Waals surface area contributed by atoms with E-state index < -0.39 is 17.6 Å². The first kappa shape index (κ1) is 15.1. The molecule has 0 aliphatic heterocycles. The van der Waals surface area contributed by atoms with Crippen molar-refractivity contribution in [2.45, 2.75) is 13.1 Å². The third-order valence-electron chi connectivity index (χ3n) is 2.49. The van der Waals surface area contributed by atoms with Crippen molar-refractivity contribution in [1.29, 1.82) is 0 Å². The molecule has 1 aromatic heterocycles. The Labute approximate surface area is 121 Å². The Hall–Kier alpha value is -2.29. The van der Waals surface area contributed by atoms with Gasteiger partial charge in [0.2, 0.25) is 0 Å². The highest BCUT2D eigenvalue weighted by Crippen LogP contribution is 2.30. The quantitative estimate of drug-likeness (QED) is 0.699. The van der Waals surface area contributed by atoms with E-state index >= 15 is 0 Å². The van der Waals surface area contributed by atoms with Crippen LogP contribution in [0, 0.1) is 6.92 Å². The van der Waals surface area contributed by atoms with Crippen LogP contribution in [0.15, 0.2) is 29.4 Å². The highest BCUT2D eigenvalue weighted by atomic mass is 32.1. The third kappa shape index (κ3) is 3.63. The van der Waals surface area contributed by atoms with Gasteiger partial charge in [-0.25, -0.2) is 5.43 Å². The fourth-order valence-electron chi connectivity index (χ4n) is 1.52. The monoisotopic (exact) mass is 314 g/mol. The summed E-state index contributed by atoms with van der Waals surface area (Å²) in [5.41, 5.74) is 1.62. The molecule has 0 saturated heterocycles. The highest BCUT2D eigenvalue weighted by Gasteiger charge is 2.32. The van der Waals surface area contributed by atoms with Crippen molar-refractivity contribution in [3.8, 4) is 0 Å². The number of alkyl halides is 3. The first-order valence-electron chi connectivity index (χ1n) is 5.68. The zero-order chi connectivity index (χ0) is 15.5. The summed E-state index contributed by atoms with van der Waals surface area (Å²) in [6.45, 7) is 1.60. The normalized spacial score (nSPS) is 11.8. The van der Waals surface area contributed by atoms with Gasteiger partial charge in [0, 0.05) is 5.56 Å². The van der Waals surface area contributed by atoms with Crippen molar-refractivity contribution in [3.05, 3.63) is 46.0 Å². The molecule has 110 valence electrons. The lowest BCUT2D eigenvalue weighted by Gasteiger charge is -2.09. The predicted octanol–water partition coefficient (Wildman–Crippen LogP) is 2.63. The van der Waals surface area contributed by atoms with Gasteiger partial charge in [-0.15, -0.1) is 5.10 Å². The molecule has 2 rings (SSSR count). The Balaban J connectivity index is 2.13. The van der Waals surface area contributed by atoms with Gasteiger partial charge in [-0.05, 0) is 24.5 Å². The van der Waals surface area contributed by atoms with Crippen molar-refractivity contribution in [2.75, 3.05) is 0 Å². The Morgan fingerprint density at radius 3 is 2.71 bits per heavy atom. The number of hydrogen-bond acceptors (Lipinski definition) is 5. The lowest BCUT2D eigenvalue weighted by molar-refractivity contribution is -0.137. The summed E-state index contributed by atoms with van der Waals surface area (Å²) >= 11 is 0.884. The van der Waals surface area contributed by atoms with Crippen LogP contribution in [0.2, 0.25) is 0 Å². The first-order valence-corrected chi connectivity index (χ1v) is 6.45. The lowest BCUT2D eigenvalue weighted by atomic mass is 10.1. The summed E-state index contributed by atoms with van der Waals surface area (Å²) in [4.78, 5) is 11.9. The second-order valence-electron chi connectivity index (χ2n) is 3.97. The van der Waals surface area contributed by atoms with Crippen LogP contribution in [0.1, 0.15) is 26.5 Å². The van der Waals surface area contributed by atoms with Crippen LogP contribution in [-0.2, 0) is 6.18 Å². The molecule has 0 spiro atoms. The summed E-state index contributed by atoms with van der Waals surface area (Å²) < 4.78 is 41.8. The molecule has 0 aliphatic rings. The standard InChI is InChI=1S/C12H9F3N4OS/c1-7-10(21-19-17-7)11(20)18-16-6-8-4-2-3-5-9(8)12(13,14)15/h2-6H,1H3,(H,18,20)/b16-6+. The molecule has 0 bridgehead atoms. The van der Waals surface area contributed by atoms with Crippen LogP contribution in [0.25, 0.3) is 0 Å². The van der Waals surface area contributed by atoms with Crippen LogP contribution in [-0.4, -0.2) is 21.7 Å². The van der Waals surface area contributed by atoms with E-state index in [1.54, 1.807) is 6.92 Å². The molecule has 1 heterocycles. The SMILES string of the molecule is Cc1nnsc1C(=O)N/N=C/c1ccccc1C(F)(F)F. The maximum Gasteiger partial charge on any atom is 0.417 e. The third-order valence-corrected chi connectivity index (χ3v) is 3.32. The van der Waals surface area contributed by atoms with Crippen LogP contribution >= 0.6 is 11.5 Å². The van der Waals surface area contributed by atoms with Gasteiger partial charge in [-0.2, -0.15) is 18.3 Å². The molecule has 1 amide bonds. The topological polar surface area (TPSA) is 67.2 Å². The molecule has 0 atom stereocenters. The van der Waals surface area contributed by atoms with Crippen LogP contribution in [0.3, 0.4) is 0 Å². The van der Waals surface area contributed by atoms with Gasteiger partial charge in [-0.3, -0.25) is 4.79 Å². The maximum atomic E-state index is 12.7. The number of amides is 1. The Morgan fingerprint density at radius 1 is 1.38 bits per heavy atom. The van der Waals surface area contributed by atoms with Crippen molar-refractivity contribution in [3.63, 3.8) is 0 Å². The molecular formula is C12H9F3N4OS. The Morgan fingerprint density at radius 2 is 2.10 bits per heavy atom. The number of aromatic nitrogens is 2. The van der Waals surface area contributed by atoms with Crippen molar-refractivity contribution >= 4 is 23.7 Å². The first-order chi connectivity index (χ1) is 9.89. The summed E-state index contributed by atoms with van der Waals surface area (Å²) in [6, 6.07) is 4.94. The lowest BCUT2D eigenvalue weighted by Crippen LogP contribution is -2.18. The number of carbonyl (C=O) groups is 1. The number of hydrogen-bond donors (Lipinski definition) is 1. The maximum absolute atomic E-state index is 12.7. The van der Waals surface area contributed by atoms with E-state index in [4.69, 9.17) is 0 Å². The molecule has 0 aliphatic carbocycles. The molecule has 21 heavy (non-hydrogen) atoms. The van der Waals surface area contributed by atoms with Crippen molar-refractivity contribution < 1.29 is 18.0 Å². The van der Waals surface area contributed by atoms with E-state index in [0.717, 1.165) is 23.8 Å². The fraction of sp³-hybridized carbons (Fsp3) is 0.167. The second-order valence-corrected chi connectivity index (χ2v) is 4.73. The average molecular weight is 314 g/mol. The van der Waals surface area contributed by atoms with E-state index in [1.165, 1.54) is 18.2 Å². The Bertz CT molecular complexity index is 681. The van der Waals surface area contributed by atoms with E-state index in [0.29, 0.717) is 5.69 Å². The highest BCUT2D eigenvalue weighted by molar-refractivity contribution is 7.07. The molecule has 0 unspecified atom stereocenters. The number of nitrogens with one attached hydrogen (secondary N) is 1. The fourth-order valence-corrected chi connectivity index (χ4v) is 2.07. The number of halogens is 3. The summed E-state index contributed by atoms with van der Waals surface area (Å²) in [6.07, 6.45) is -3.53. The minimum Gasteiger partial charge on any atom is -0.266 e. The minimum atomic E-state index is -4.48. The number of rotatable bonds is 3. The molecule has 5 nitrogen and oxygen atoms in total. The molecule has 1 aromatic carbocycles. The van der Waals surface area contributed by atoms with Gasteiger partial charge in [0.1, 0.15) is 4.88 Å². The molecule has 0 saturated carbocycles. The number of hydrazone groups is 1. The van der Waals surface area contributed by atoms with Crippen LogP contribution in [0.4, 0.5) is 13.2 Å². The van der Waals surface area contributed by atoms with Gasteiger partial charge < -0.3 is 0 Å². The number of aryl methyl sites for hydroxylation is 1. The average Bonchev–Trinajstić information content (AvgIpc) is 2.84. The van der Waals surface area contributed by atoms with Crippen LogP contribution < -0.4 is 5.43 Å². The number of nitrogens with zero attached hydrogens (tertiary/aromatic N) is 3. The number of benzene rings is 1. The van der Waals surface area contributed by atoms with Gasteiger partial charge in [0.05, 0.1) is 17.5 Å². The van der Waals surface area contributed by atoms with Crippen molar-refractivity contribution in [1.82, 2.24) is 15.0 Å². The largest absolute Gasteiger partial charge is 0.417 e. The Kier molecular flexibility index (Phi) is 4.32. The second kappa shape index (κ2) is 6.00. The molecule has 9 heteroatoms. The predicted molar refractivity (Wildman–Crippen MR) is 71.2 cm³/mol. The zero-order valence-corrected chi connectivity index (χ0v) is 11.5. The van der Waals surface area contributed by atoms with E-state index in [1.807, 2.05) is 0 Å². The smallest absolute Gasteiger partial charge is 0.266 e. The zero-order valence-electron chi connectivity index (χ0n) is 10.7. The molecule has 2 aromatic rings. The summed E-state index contributed by atoms with van der Waals surface area (Å²) in [5, 5.41) is 7.20. The molecule has 0 fully saturated rings. The van der Waals surface area contributed by atoms with Gasteiger partial charge in [0.25, 0.3) is 5.91 Å². The van der Waals surface area contributed by atoms with E-state index in [2.05, 4.69) is 20.1 Å². The molecule has 1 N–H and O–H groups in total. The summed E-state index contributed by atoms with van der Waals surface area (Å²) in [7, 11) is 0. The minimum absolute atomic E-state index is 0.135. The van der Waals surface area contributed by atoms with Crippen LogP contribution in [0.5, 0.6) is 0 Å².